The van der Waals surface area contributed by atoms with Gasteiger partial charge in [-0.15, -0.1) is 12.4 Å². The van der Waals surface area contributed by atoms with Crippen molar-refractivity contribution in [3.05, 3.63) is 35.9 Å². The van der Waals surface area contributed by atoms with E-state index in [0.717, 1.165) is 5.56 Å². The maximum Gasteiger partial charge on any atom is 0.239 e. The highest BCUT2D eigenvalue weighted by Crippen LogP contribution is 2.14. The van der Waals surface area contributed by atoms with Crippen LogP contribution in [0, 0.1) is 0 Å². The van der Waals surface area contributed by atoms with E-state index in [0.29, 0.717) is 38.8 Å². The van der Waals surface area contributed by atoms with E-state index in [1.54, 1.807) is 4.90 Å². The van der Waals surface area contributed by atoms with Gasteiger partial charge in [0, 0.05) is 19.1 Å². The van der Waals surface area contributed by atoms with Crippen LogP contribution < -0.4 is 10.5 Å². The number of halogens is 1. The minimum atomic E-state index is -3.20. The Morgan fingerprint density at radius 2 is 1.88 bits per heavy atom. The second kappa shape index (κ2) is 10.1. The molecule has 0 saturated carbocycles. The summed E-state index contributed by atoms with van der Waals surface area (Å²) in [5.74, 6) is 0.0855. The van der Waals surface area contributed by atoms with E-state index >= 15 is 0 Å². The van der Waals surface area contributed by atoms with Crippen molar-refractivity contribution in [2.24, 2.45) is 5.73 Å². The van der Waals surface area contributed by atoms with Gasteiger partial charge in [-0.25, -0.2) is 13.1 Å². The Labute approximate surface area is 156 Å². The van der Waals surface area contributed by atoms with Gasteiger partial charge in [-0.3, -0.25) is 4.79 Å². The van der Waals surface area contributed by atoms with Crippen molar-refractivity contribution >= 4 is 28.3 Å². The van der Waals surface area contributed by atoms with Gasteiger partial charge in [-0.05, 0) is 31.2 Å². The molecule has 1 atom stereocenters. The van der Waals surface area contributed by atoms with Gasteiger partial charge in [-0.1, -0.05) is 37.3 Å². The molecule has 1 aromatic carbocycles. The van der Waals surface area contributed by atoms with Crippen molar-refractivity contribution in [2.75, 3.05) is 18.8 Å². The lowest BCUT2D eigenvalue weighted by Crippen LogP contribution is -2.51. The van der Waals surface area contributed by atoms with Gasteiger partial charge in [0.25, 0.3) is 0 Å². The third kappa shape index (κ3) is 6.93. The topological polar surface area (TPSA) is 92.5 Å². The van der Waals surface area contributed by atoms with Crippen molar-refractivity contribution < 1.29 is 13.2 Å². The minimum absolute atomic E-state index is 0. The Hall–Kier alpha value is -1.15. The predicted molar refractivity (Wildman–Crippen MR) is 102 cm³/mol. The van der Waals surface area contributed by atoms with Gasteiger partial charge < -0.3 is 10.6 Å². The molecule has 8 heteroatoms. The fraction of sp³-hybridized carbons (Fsp3) is 0.588. The molecule has 1 aliphatic heterocycles. The molecular weight excluding hydrogens is 362 g/mol. The molecule has 1 saturated heterocycles. The Bertz CT molecular complexity index is 632. The predicted octanol–water partition coefficient (Wildman–Crippen LogP) is 1.30. The number of benzene rings is 1. The molecule has 1 amide bonds. The zero-order valence-corrected chi connectivity index (χ0v) is 16.2. The van der Waals surface area contributed by atoms with Crippen molar-refractivity contribution in [1.29, 1.82) is 0 Å². The normalized spacial score (nSPS) is 17.0. The van der Waals surface area contributed by atoms with Crippen molar-refractivity contribution in [3.63, 3.8) is 0 Å². The lowest BCUT2D eigenvalue weighted by atomic mass is 10.0. The van der Waals surface area contributed by atoms with E-state index in [-0.39, 0.29) is 30.1 Å². The van der Waals surface area contributed by atoms with E-state index < -0.39 is 16.1 Å². The van der Waals surface area contributed by atoms with Gasteiger partial charge in [0.2, 0.25) is 15.9 Å². The molecule has 3 N–H and O–H groups in total. The summed E-state index contributed by atoms with van der Waals surface area (Å²) < 4.78 is 26.4. The number of nitrogens with two attached hydrogens (primary N) is 1. The number of rotatable bonds is 7. The van der Waals surface area contributed by atoms with Crippen LogP contribution >= 0.6 is 12.4 Å². The molecule has 0 aliphatic carbocycles. The maximum atomic E-state index is 12.5. The zero-order chi connectivity index (χ0) is 17.6. The summed E-state index contributed by atoms with van der Waals surface area (Å²) in [7, 11) is -3.20. The van der Waals surface area contributed by atoms with Gasteiger partial charge in [0.05, 0.1) is 11.8 Å². The standard InChI is InChI=1S/C17H27N3O3S.ClH/c1-2-12-24(22,23)19-15-8-10-20(11-9-15)17(21)16(18)13-14-6-4-3-5-7-14;/h3-7,15-16,19H,2,8-13,18H2,1H3;1H. The minimum Gasteiger partial charge on any atom is -0.341 e. The molecule has 1 aromatic rings. The third-order valence-electron chi connectivity index (χ3n) is 4.24. The number of sulfonamides is 1. The second-order valence-corrected chi connectivity index (χ2v) is 8.21. The largest absolute Gasteiger partial charge is 0.341 e. The summed E-state index contributed by atoms with van der Waals surface area (Å²) in [5.41, 5.74) is 7.10. The van der Waals surface area contributed by atoms with E-state index in [1.807, 2.05) is 37.3 Å². The van der Waals surface area contributed by atoms with Crippen LogP contribution in [-0.4, -0.2) is 50.2 Å². The highest BCUT2D eigenvalue weighted by molar-refractivity contribution is 7.89. The fourth-order valence-electron chi connectivity index (χ4n) is 2.99. The van der Waals surface area contributed by atoms with Crippen LogP contribution in [0.4, 0.5) is 0 Å². The Balaban J connectivity index is 0.00000312. The molecule has 2 rings (SSSR count). The van der Waals surface area contributed by atoms with E-state index in [1.165, 1.54) is 0 Å². The number of nitrogens with zero attached hydrogens (tertiary/aromatic N) is 1. The SMILES string of the molecule is CCCS(=O)(=O)NC1CCN(C(=O)C(N)Cc2ccccc2)CC1.Cl. The summed E-state index contributed by atoms with van der Waals surface area (Å²) in [5, 5.41) is 0. The lowest BCUT2D eigenvalue weighted by molar-refractivity contribution is -0.133. The molecule has 1 heterocycles. The van der Waals surface area contributed by atoms with Crippen molar-refractivity contribution in [3.8, 4) is 0 Å². The summed E-state index contributed by atoms with van der Waals surface area (Å²) in [6, 6.07) is 9.07. The Kier molecular flexibility index (Phi) is 8.85. The number of amides is 1. The first-order chi connectivity index (χ1) is 11.4. The Morgan fingerprint density at radius 3 is 2.44 bits per heavy atom. The summed E-state index contributed by atoms with van der Waals surface area (Å²) in [4.78, 5) is 14.2. The molecule has 1 unspecified atom stereocenters. The van der Waals surface area contributed by atoms with E-state index in [2.05, 4.69) is 4.72 Å². The first-order valence-electron chi connectivity index (χ1n) is 8.49. The second-order valence-electron chi connectivity index (χ2n) is 6.33. The van der Waals surface area contributed by atoms with Crippen LogP contribution in [0.15, 0.2) is 30.3 Å². The Morgan fingerprint density at radius 1 is 1.28 bits per heavy atom. The summed E-state index contributed by atoms with van der Waals surface area (Å²) in [6.45, 7) is 2.93. The number of piperidine rings is 1. The van der Waals surface area contributed by atoms with Crippen LogP contribution in [0.2, 0.25) is 0 Å². The number of hydrogen-bond donors (Lipinski definition) is 2. The smallest absolute Gasteiger partial charge is 0.239 e. The molecule has 142 valence electrons. The lowest BCUT2D eigenvalue weighted by Gasteiger charge is -2.33. The highest BCUT2D eigenvalue weighted by Gasteiger charge is 2.28. The number of likely N-dealkylation sites (tertiary alicyclic amines) is 1. The number of carbonyl (C=O) groups is 1. The van der Waals surface area contributed by atoms with Crippen LogP contribution in [0.25, 0.3) is 0 Å². The molecule has 1 aliphatic rings. The van der Waals surface area contributed by atoms with Crippen LogP contribution in [0.1, 0.15) is 31.7 Å². The van der Waals surface area contributed by atoms with Gasteiger partial charge in [0.1, 0.15) is 0 Å². The molecule has 0 aromatic heterocycles. The third-order valence-corrected chi connectivity index (χ3v) is 5.88. The summed E-state index contributed by atoms with van der Waals surface area (Å²) >= 11 is 0. The molecular formula is C17H28ClN3O3S. The summed E-state index contributed by atoms with van der Waals surface area (Å²) in [6.07, 6.45) is 2.38. The molecule has 6 nitrogen and oxygen atoms in total. The number of carbonyl (C=O) groups excluding carboxylic acids is 1. The molecule has 0 radical (unpaired) electrons. The zero-order valence-electron chi connectivity index (χ0n) is 14.6. The quantitative estimate of drug-likeness (QED) is 0.735. The van der Waals surface area contributed by atoms with Gasteiger partial charge >= 0.3 is 0 Å². The highest BCUT2D eigenvalue weighted by atomic mass is 35.5. The molecule has 25 heavy (non-hydrogen) atoms. The van der Waals surface area contributed by atoms with E-state index in [4.69, 9.17) is 5.73 Å². The maximum absolute atomic E-state index is 12.5. The number of nitrogens with one attached hydrogen (secondary N) is 1. The van der Waals surface area contributed by atoms with Crippen molar-refractivity contribution in [2.45, 2.75) is 44.7 Å². The molecule has 1 fully saturated rings. The van der Waals surface area contributed by atoms with Crippen molar-refractivity contribution in [1.82, 2.24) is 9.62 Å². The first kappa shape index (κ1) is 21.9. The van der Waals surface area contributed by atoms with Crippen LogP contribution in [-0.2, 0) is 21.2 Å². The van der Waals surface area contributed by atoms with Gasteiger partial charge in [-0.2, -0.15) is 0 Å². The van der Waals surface area contributed by atoms with Gasteiger partial charge in [0.15, 0.2) is 0 Å². The average molecular weight is 390 g/mol. The first-order valence-corrected chi connectivity index (χ1v) is 10.1. The molecule has 0 spiro atoms. The monoisotopic (exact) mass is 389 g/mol. The van der Waals surface area contributed by atoms with E-state index in [9.17, 15) is 13.2 Å². The molecule has 0 bridgehead atoms. The van der Waals surface area contributed by atoms with Crippen LogP contribution in [0.5, 0.6) is 0 Å². The number of hydrogen-bond acceptors (Lipinski definition) is 4. The van der Waals surface area contributed by atoms with Crippen LogP contribution in [0.3, 0.4) is 0 Å². The average Bonchev–Trinajstić information content (AvgIpc) is 2.55. The fourth-order valence-corrected chi connectivity index (χ4v) is 4.39.